The maximum atomic E-state index is 12.3. The van der Waals surface area contributed by atoms with E-state index in [0.29, 0.717) is 22.9 Å². The first-order valence-corrected chi connectivity index (χ1v) is 6.17. The third-order valence-electron chi connectivity index (χ3n) is 2.00. The molecule has 0 aliphatic carbocycles. The average molecular weight is 294 g/mol. The Labute approximate surface area is 110 Å². The van der Waals surface area contributed by atoms with Gasteiger partial charge in [0.1, 0.15) is 0 Å². The molecule has 0 bridgehead atoms. The van der Waals surface area contributed by atoms with Crippen molar-refractivity contribution in [3.63, 3.8) is 0 Å². The Kier molecular flexibility index (Phi) is 3.72. The highest BCUT2D eigenvalue weighted by molar-refractivity contribution is 7.15. The van der Waals surface area contributed by atoms with Gasteiger partial charge in [-0.05, 0) is 17.7 Å². The fraction of sp³-hybridized carbons (Fsp3) is 0.200. The van der Waals surface area contributed by atoms with Crippen LogP contribution in [0.15, 0.2) is 24.3 Å². The summed E-state index contributed by atoms with van der Waals surface area (Å²) in [5.74, 6) is 0.333. The Hall–Kier alpha value is -1.34. The van der Waals surface area contributed by atoms with Crippen LogP contribution in [0.5, 0.6) is 0 Å². The smallest absolute Gasteiger partial charge is 0.330 e. The number of hydrogen-bond donors (Lipinski definition) is 1. The lowest BCUT2D eigenvalue weighted by atomic mass is 10.2. The van der Waals surface area contributed by atoms with Gasteiger partial charge in [-0.1, -0.05) is 23.5 Å². The number of alkyl halides is 4. The Morgan fingerprint density at radius 1 is 1.28 bits per heavy atom. The van der Waals surface area contributed by atoms with Gasteiger partial charge >= 0.3 is 6.18 Å². The maximum Gasteiger partial charge on any atom is 0.445 e. The number of benzene rings is 1. The molecule has 0 aliphatic heterocycles. The monoisotopic (exact) mass is 293 g/mol. The molecule has 1 N–H and O–H groups in total. The predicted octanol–water partition coefficient (Wildman–Crippen LogP) is 4.04. The molecule has 2 rings (SSSR count). The van der Waals surface area contributed by atoms with Gasteiger partial charge in [0.2, 0.25) is 10.1 Å². The van der Waals surface area contributed by atoms with E-state index in [4.69, 9.17) is 11.6 Å². The lowest BCUT2D eigenvalue weighted by Crippen LogP contribution is -2.03. The van der Waals surface area contributed by atoms with E-state index in [0.717, 1.165) is 5.56 Å². The summed E-state index contributed by atoms with van der Waals surface area (Å²) in [6.45, 7) is 0. The first-order valence-electron chi connectivity index (χ1n) is 4.81. The Morgan fingerprint density at radius 3 is 2.67 bits per heavy atom. The van der Waals surface area contributed by atoms with Crippen LogP contribution in [0.4, 0.5) is 24.0 Å². The van der Waals surface area contributed by atoms with Crippen molar-refractivity contribution in [3.8, 4) is 0 Å². The molecule has 1 heterocycles. The maximum absolute atomic E-state index is 12.3. The summed E-state index contributed by atoms with van der Waals surface area (Å²) in [6.07, 6.45) is -4.46. The molecule has 0 saturated heterocycles. The average Bonchev–Trinajstić information content (AvgIpc) is 2.77. The summed E-state index contributed by atoms with van der Waals surface area (Å²) in [4.78, 5) is 0. The van der Waals surface area contributed by atoms with Crippen molar-refractivity contribution in [1.29, 1.82) is 0 Å². The van der Waals surface area contributed by atoms with Crippen LogP contribution >= 0.6 is 22.9 Å². The van der Waals surface area contributed by atoms with Gasteiger partial charge in [-0.15, -0.1) is 21.8 Å². The number of aromatic nitrogens is 2. The molecule has 2 aromatic rings. The standard InChI is InChI=1S/C10H7ClF3N3S/c11-5-6-2-1-3-7(4-6)15-9-17-16-8(18-9)10(12,13)14/h1-4H,5H2,(H,15,17). The van der Waals surface area contributed by atoms with Gasteiger partial charge in [0, 0.05) is 11.6 Å². The quantitative estimate of drug-likeness (QED) is 0.868. The number of nitrogens with one attached hydrogen (secondary N) is 1. The van der Waals surface area contributed by atoms with Crippen LogP contribution in [0.2, 0.25) is 0 Å². The van der Waals surface area contributed by atoms with E-state index < -0.39 is 11.2 Å². The molecular weight excluding hydrogens is 287 g/mol. The molecule has 0 radical (unpaired) electrons. The van der Waals surface area contributed by atoms with E-state index in [1.54, 1.807) is 18.2 Å². The van der Waals surface area contributed by atoms with Gasteiger partial charge in [0.15, 0.2) is 0 Å². The minimum Gasteiger partial charge on any atom is -0.330 e. The Morgan fingerprint density at radius 2 is 2.06 bits per heavy atom. The normalized spacial score (nSPS) is 11.6. The first-order chi connectivity index (χ1) is 8.49. The van der Waals surface area contributed by atoms with Crippen LogP contribution in [0.1, 0.15) is 10.6 Å². The third-order valence-corrected chi connectivity index (χ3v) is 3.19. The number of rotatable bonds is 3. The van der Waals surface area contributed by atoms with Crippen molar-refractivity contribution in [1.82, 2.24) is 10.2 Å². The summed E-state index contributed by atoms with van der Waals surface area (Å²) in [7, 11) is 0. The van der Waals surface area contributed by atoms with Gasteiger partial charge in [0.25, 0.3) is 0 Å². The van der Waals surface area contributed by atoms with Crippen molar-refractivity contribution >= 4 is 33.8 Å². The van der Waals surface area contributed by atoms with Crippen molar-refractivity contribution < 1.29 is 13.2 Å². The molecule has 0 spiro atoms. The van der Waals surface area contributed by atoms with Gasteiger partial charge in [-0.2, -0.15) is 13.2 Å². The van der Waals surface area contributed by atoms with Crippen LogP contribution in [0, 0.1) is 0 Å². The molecule has 0 saturated carbocycles. The van der Waals surface area contributed by atoms with Crippen LogP contribution in [-0.2, 0) is 12.1 Å². The summed E-state index contributed by atoms with van der Waals surface area (Å²) in [6, 6.07) is 7.03. The zero-order valence-electron chi connectivity index (χ0n) is 8.83. The van der Waals surface area contributed by atoms with Gasteiger partial charge in [0.05, 0.1) is 0 Å². The number of anilines is 2. The second-order valence-corrected chi connectivity index (χ2v) is 4.61. The van der Waals surface area contributed by atoms with Crippen molar-refractivity contribution in [2.45, 2.75) is 12.1 Å². The van der Waals surface area contributed by atoms with Crippen LogP contribution in [0.3, 0.4) is 0 Å². The number of nitrogens with zero attached hydrogens (tertiary/aromatic N) is 2. The fourth-order valence-electron chi connectivity index (χ4n) is 1.24. The van der Waals surface area contributed by atoms with Crippen molar-refractivity contribution in [3.05, 3.63) is 34.8 Å². The highest BCUT2D eigenvalue weighted by Crippen LogP contribution is 2.33. The Balaban J connectivity index is 2.16. The predicted molar refractivity (Wildman–Crippen MR) is 64.2 cm³/mol. The van der Waals surface area contributed by atoms with Gasteiger partial charge < -0.3 is 5.32 Å². The summed E-state index contributed by atoms with van der Waals surface area (Å²) in [5.41, 5.74) is 1.49. The second kappa shape index (κ2) is 5.11. The molecular formula is C10H7ClF3N3S. The molecule has 96 valence electrons. The summed E-state index contributed by atoms with van der Waals surface area (Å²) in [5, 5.41) is 8.39. The van der Waals surface area contributed by atoms with E-state index in [9.17, 15) is 13.2 Å². The number of hydrogen-bond acceptors (Lipinski definition) is 4. The van der Waals surface area contributed by atoms with Gasteiger partial charge in [-0.25, -0.2) is 0 Å². The summed E-state index contributed by atoms with van der Waals surface area (Å²) < 4.78 is 37.0. The third kappa shape index (κ3) is 3.11. The molecule has 8 heteroatoms. The SMILES string of the molecule is FC(F)(F)c1nnc(Nc2cccc(CCl)c2)s1. The Bertz CT molecular complexity index is 541. The van der Waals surface area contributed by atoms with Crippen LogP contribution in [-0.4, -0.2) is 10.2 Å². The molecule has 3 nitrogen and oxygen atoms in total. The lowest BCUT2D eigenvalue weighted by molar-refractivity contribution is -0.138. The molecule has 1 aromatic heterocycles. The fourth-order valence-corrected chi connectivity index (χ4v) is 2.04. The molecule has 0 unspecified atom stereocenters. The molecule has 18 heavy (non-hydrogen) atoms. The van der Waals surface area contributed by atoms with E-state index >= 15 is 0 Å². The first kappa shape index (κ1) is 13.1. The molecule has 0 aliphatic rings. The molecule has 1 aromatic carbocycles. The zero-order valence-corrected chi connectivity index (χ0v) is 10.4. The number of halogens is 4. The lowest BCUT2D eigenvalue weighted by Gasteiger charge is -2.03. The molecule has 0 amide bonds. The topological polar surface area (TPSA) is 37.8 Å². The zero-order chi connectivity index (χ0) is 13.2. The minimum absolute atomic E-state index is 0.0917. The minimum atomic E-state index is -4.46. The van der Waals surface area contributed by atoms with Crippen molar-refractivity contribution in [2.75, 3.05) is 5.32 Å². The molecule has 0 fully saturated rings. The highest BCUT2D eigenvalue weighted by Gasteiger charge is 2.35. The van der Waals surface area contributed by atoms with Crippen LogP contribution in [0.25, 0.3) is 0 Å². The van der Waals surface area contributed by atoms with E-state index in [1.165, 1.54) is 0 Å². The van der Waals surface area contributed by atoms with E-state index in [1.807, 2.05) is 6.07 Å². The van der Waals surface area contributed by atoms with E-state index in [2.05, 4.69) is 15.5 Å². The summed E-state index contributed by atoms with van der Waals surface area (Å²) >= 11 is 6.12. The molecule has 0 atom stereocenters. The van der Waals surface area contributed by atoms with Gasteiger partial charge in [-0.3, -0.25) is 0 Å². The second-order valence-electron chi connectivity index (χ2n) is 3.37. The van der Waals surface area contributed by atoms with Crippen molar-refractivity contribution in [2.24, 2.45) is 0 Å². The van der Waals surface area contributed by atoms with Crippen LogP contribution < -0.4 is 5.32 Å². The largest absolute Gasteiger partial charge is 0.445 e. The van der Waals surface area contributed by atoms with E-state index in [-0.39, 0.29) is 5.13 Å². The highest BCUT2D eigenvalue weighted by atomic mass is 35.5.